The second-order valence-corrected chi connectivity index (χ2v) is 6.15. The lowest BCUT2D eigenvalue weighted by molar-refractivity contribution is -0.145. The van der Waals surface area contributed by atoms with E-state index >= 15 is 0 Å². The molecule has 0 aliphatic rings. The Bertz CT molecular complexity index is 661. The second-order valence-electron chi connectivity index (χ2n) is 6.15. The molecule has 0 aliphatic heterocycles. The first-order valence-corrected chi connectivity index (χ1v) is 8.53. The van der Waals surface area contributed by atoms with Crippen molar-refractivity contribution in [2.24, 2.45) is 0 Å². The zero-order chi connectivity index (χ0) is 20.2. The van der Waals surface area contributed by atoms with E-state index in [0.717, 1.165) is 11.1 Å². The van der Waals surface area contributed by atoms with Crippen LogP contribution in [0.3, 0.4) is 0 Å². The predicted molar refractivity (Wildman–Crippen MR) is 101 cm³/mol. The Hall–Kier alpha value is -2.87. The molecule has 0 aliphatic carbocycles. The van der Waals surface area contributed by atoms with Gasteiger partial charge in [0.1, 0.15) is 6.04 Å². The van der Waals surface area contributed by atoms with Gasteiger partial charge < -0.3 is 20.5 Å². The van der Waals surface area contributed by atoms with Crippen LogP contribution >= 0.6 is 0 Å². The average Bonchev–Trinajstić information content (AvgIpc) is 2.60. The zero-order valence-corrected chi connectivity index (χ0v) is 15.9. The van der Waals surface area contributed by atoms with Crippen molar-refractivity contribution in [1.82, 2.24) is 15.5 Å². The number of carboxylic acids is 1. The zero-order valence-electron chi connectivity index (χ0n) is 15.9. The van der Waals surface area contributed by atoms with Crippen molar-refractivity contribution in [1.29, 1.82) is 0 Å². The van der Waals surface area contributed by atoms with Crippen LogP contribution in [0.15, 0.2) is 42.1 Å². The van der Waals surface area contributed by atoms with Crippen LogP contribution in [0.1, 0.15) is 18.9 Å². The molecule has 0 radical (unpaired) electrons. The van der Waals surface area contributed by atoms with E-state index in [1.54, 1.807) is 13.2 Å². The van der Waals surface area contributed by atoms with Crippen molar-refractivity contribution in [3.05, 3.63) is 47.7 Å². The van der Waals surface area contributed by atoms with E-state index in [-0.39, 0.29) is 19.5 Å². The largest absolute Gasteiger partial charge is 0.480 e. The number of nitrogens with one attached hydrogen (secondary N) is 2. The van der Waals surface area contributed by atoms with Crippen molar-refractivity contribution in [2.75, 3.05) is 27.2 Å². The summed E-state index contributed by atoms with van der Waals surface area (Å²) in [5.41, 5.74) is 1.75. The Balaban J connectivity index is 2.77. The van der Waals surface area contributed by atoms with E-state index in [0.29, 0.717) is 6.54 Å². The highest BCUT2D eigenvalue weighted by atomic mass is 16.5. The number of nitrogens with zero attached hydrogens (tertiary/aromatic N) is 1. The minimum Gasteiger partial charge on any atom is -0.480 e. The minimum atomic E-state index is -1.03. The summed E-state index contributed by atoms with van der Waals surface area (Å²) in [4.78, 5) is 37.0. The molecule has 1 atom stereocenters. The van der Waals surface area contributed by atoms with Gasteiger partial charge in [-0.05, 0) is 18.7 Å². The standard InChI is InChI=1S/C19H27N3O5/c1-14(10-20-2)9-16(19(26)27-3)21-17(23)12-22(13-18(24)25)11-15-7-5-4-6-8-15/h4-8,10,16,20H,9,11-13H2,1-3H3,(H,21,23)(H,24,25)/b14-10+/t16-/m0/s1. The third kappa shape index (κ3) is 8.87. The van der Waals surface area contributed by atoms with Crippen molar-refractivity contribution in [3.8, 4) is 0 Å². The van der Waals surface area contributed by atoms with Gasteiger partial charge in [-0.3, -0.25) is 14.5 Å². The summed E-state index contributed by atoms with van der Waals surface area (Å²) in [5, 5.41) is 14.6. The first-order chi connectivity index (χ1) is 12.8. The van der Waals surface area contributed by atoms with Gasteiger partial charge in [0.25, 0.3) is 0 Å². The first kappa shape index (κ1) is 22.2. The topological polar surface area (TPSA) is 108 Å². The number of carboxylic acid groups (broad SMARTS) is 1. The Morgan fingerprint density at radius 3 is 2.44 bits per heavy atom. The summed E-state index contributed by atoms with van der Waals surface area (Å²) >= 11 is 0. The third-order valence-electron chi connectivity index (χ3n) is 3.71. The van der Waals surface area contributed by atoms with Gasteiger partial charge in [-0.1, -0.05) is 35.9 Å². The van der Waals surface area contributed by atoms with Gasteiger partial charge in [-0.2, -0.15) is 0 Å². The summed E-state index contributed by atoms with van der Waals surface area (Å²) in [6.45, 7) is 1.69. The maximum Gasteiger partial charge on any atom is 0.328 e. The maximum atomic E-state index is 12.4. The number of aliphatic carboxylic acids is 1. The molecule has 0 aromatic heterocycles. The molecule has 0 heterocycles. The number of ether oxygens (including phenoxy) is 1. The fraction of sp³-hybridized carbons (Fsp3) is 0.421. The Kier molecular flexibility index (Phi) is 9.60. The van der Waals surface area contributed by atoms with Gasteiger partial charge in [0.15, 0.2) is 0 Å². The van der Waals surface area contributed by atoms with E-state index in [4.69, 9.17) is 9.84 Å². The number of esters is 1. The average molecular weight is 377 g/mol. The fourth-order valence-corrected chi connectivity index (χ4v) is 2.61. The Labute approximate surface area is 159 Å². The number of amides is 1. The molecule has 0 saturated carbocycles. The molecule has 0 unspecified atom stereocenters. The van der Waals surface area contributed by atoms with Crippen LogP contribution in [-0.4, -0.2) is 61.1 Å². The van der Waals surface area contributed by atoms with E-state index in [9.17, 15) is 14.4 Å². The molecule has 8 heteroatoms. The monoisotopic (exact) mass is 377 g/mol. The van der Waals surface area contributed by atoms with Crippen LogP contribution in [0.25, 0.3) is 0 Å². The number of carbonyl (C=O) groups is 3. The summed E-state index contributed by atoms with van der Waals surface area (Å²) in [5.74, 6) is -2.03. The molecular weight excluding hydrogens is 350 g/mol. The molecule has 0 fully saturated rings. The number of benzene rings is 1. The van der Waals surface area contributed by atoms with Crippen molar-refractivity contribution in [3.63, 3.8) is 0 Å². The molecule has 1 aromatic rings. The van der Waals surface area contributed by atoms with Gasteiger partial charge in [0, 0.05) is 20.0 Å². The Morgan fingerprint density at radius 1 is 1.22 bits per heavy atom. The van der Waals surface area contributed by atoms with Gasteiger partial charge >= 0.3 is 11.9 Å². The Morgan fingerprint density at radius 2 is 1.89 bits per heavy atom. The molecule has 8 nitrogen and oxygen atoms in total. The molecule has 0 spiro atoms. The van der Waals surface area contributed by atoms with Gasteiger partial charge in [0.2, 0.25) is 5.91 Å². The molecule has 1 amide bonds. The summed E-state index contributed by atoms with van der Waals surface area (Å²) in [7, 11) is 2.99. The normalized spacial score (nSPS) is 12.4. The van der Waals surface area contributed by atoms with E-state index in [2.05, 4.69) is 10.6 Å². The van der Waals surface area contributed by atoms with E-state index in [1.807, 2.05) is 37.3 Å². The maximum absolute atomic E-state index is 12.4. The molecule has 0 saturated heterocycles. The number of rotatable bonds is 11. The van der Waals surface area contributed by atoms with Crippen LogP contribution < -0.4 is 10.6 Å². The van der Waals surface area contributed by atoms with Crippen LogP contribution in [0.5, 0.6) is 0 Å². The van der Waals surface area contributed by atoms with Crippen molar-refractivity contribution in [2.45, 2.75) is 25.9 Å². The summed E-state index contributed by atoms with van der Waals surface area (Å²) in [6.07, 6.45) is 2.02. The third-order valence-corrected chi connectivity index (χ3v) is 3.71. The SMILES string of the molecule is CN/C=C(\C)C[C@H](NC(=O)CN(CC(=O)O)Cc1ccccc1)C(=O)OC. The van der Waals surface area contributed by atoms with Crippen molar-refractivity contribution >= 4 is 17.8 Å². The minimum absolute atomic E-state index is 0.149. The second kappa shape index (κ2) is 11.7. The van der Waals surface area contributed by atoms with Crippen LogP contribution in [0, 0.1) is 0 Å². The lowest BCUT2D eigenvalue weighted by atomic mass is 10.1. The highest BCUT2D eigenvalue weighted by Gasteiger charge is 2.23. The predicted octanol–water partition coefficient (Wildman–Crippen LogP) is 0.744. The van der Waals surface area contributed by atoms with E-state index in [1.165, 1.54) is 12.0 Å². The molecule has 0 bridgehead atoms. The van der Waals surface area contributed by atoms with Gasteiger partial charge in [0.05, 0.1) is 20.2 Å². The lowest BCUT2D eigenvalue weighted by Crippen LogP contribution is -2.46. The highest BCUT2D eigenvalue weighted by molar-refractivity contribution is 5.86. The van der Waals surface area contributed by atoms with Gasteiger partial charge in [-0.15, -0.1) is 0 Å². The van der Waals surface area contributed by atoms with E-state index < -0.39 is 23.9 Å². The fourth-order valence-electron chi connectivity index (χ4n) is 2.61. The van der Waals surface area contributed by atoms with Crippen LogP contribution in [0.2, 0.25) is 0 Å². The molecule has 148 valence electrons. The molecule has 1 rings (SSSR count). The molecular formula is C19H27N3O5. The smallest absolute Gasteiger partial charge is 0.328 e. The van der Waals surface area contributed by atoms with Crippen LogP contribution in [-0.2, 0) is 25.7 Å². The van der Waals surface area contributed by atoms with Crippen LogP contribution in [0.4, 0.5) is 0 Å². The quantitative estimate of drug-likeness (QED) is 0.488. The molecule has 1 aromatic carbocycles. The number of carbonyl (C=O) groups excluding carboxylic acids is 2. The highest BCUT2D eigenvalue weighted by Crippen LogP contribution is 2.07. The summed E-state index contributed by atoms with van der Waals surface area (Å²) in [6, 6.07) is 8.43. The molecule has 3 N–H and O–H groups in total. The van der Waals surface area contributed by atoms with Crippen molar-refractivity contribution < 1.29 is 24.2 Å². The number of methoxy groups -OCH3 is 1. The lowest BCUT2D eigenvalue weighted by Gasteiger charge is -2.22. The first-order valence-electron chi connectivity index (χ1n) is 8.53. The van der Waals surface area contributed by atoms with Gasteiger partial charge in [-0.25, -0.2) is 4.79 Å². The number of hydrogen-bond donors (Lipinski definition) is 3. The molecule has 27 heavy (non-hydrogen) atoms. The summed E-state index contributed by atoms with van der Waals surface area (Å²) < 4.78 is 4.75. The number of hydrogen-bond acceptors (Lipinski definition) is 6.